The van der Waals surface area contributed by atoms with E-state index in [0.29, 0.717) is 6.54 Å². The third-order valence-corrected chi connectivity index (χ3v) is 3.81. The van der Waals surface area contributed by atoms with E-state index in [1.165, 1.54) is 11.6 Å². The van der Waals surface area contributed by atoms with Crippen LogP contribution in [0.2, 0.25) is 0 Å². The predicted octanol–water partition coefficient (Wildman–Crippen LogP) is 3.39. The van der Waals surface area contributed by atoms with E-state index in [4.69, 9.17) is 5.73 Å². The van der Waals surface area contributed by atoms with Crippen LogP contribution < -0.4 is 5.73 Å². The summed E-state index contributed by atoms with van der Waals surface area (Å²) in [7, 11) is 2.05. The molecule has 0 radical (unpaired) electrons. The molecule has 0 heterocycles. The Kier molecular flexibility index (Phi) is 5.90. The number of benzene rings is 2. The Morgan fingerprint density at radius 3 is 2.52 bits per heavy atom. The van der Waals surface area contributed by atoms with E-state index in [9.17, 15) is 4.39 Å². The average molecular weight is 286 g/mol. The standard InChI is InChI=1S/C18H23FN2/c1-21(12-6-9-15-7-3-2-4-8-15)18(14-20)16-10-5-11-17(19)13-16/h2-5,7-8,10-11,13,18H,6,9,12,14,20H2,1H3. The molecule has 0 aliphatic heterocycles. The molecular weight excluding hydrogens is 263 g/mol. The zero-order chi connectivity index (χ0) is 15.1. The number of rotatable bonds is 7. The molecule has 2 aromatic carbocycles. The molecule has 112 valence electrons. The number of hydrogen-bond acceptors (Lipinski definition) is 2. The summed E-state index contributed by atoms with van der Waals surface area (Å²) in [6, 6.07) is 17.2. The SMILES string of the molecule is CN(CCCc1ccccc1)C(CN)c1cccc(F)c1. The predicted molar refractivity (Wildman–Crippen MR) is 85.6 cm³/mol. The topological polar surface area (TPSA) is 29.3 Å². The van der Waals surface area contributed by atoms with E-state index in [1.54, 1.807) is 12.1 Å². The van der Waals surface area contributed by atoms with Crippen LogP contribution in [0.15, 0.2) is 54.6 Å². The summed E-state index contributed by atoms with van der Waals surface area (Å²) in [6.45, 7) is 1.43. The minimum Gasteiger partial charge on any atom is -0.329 e. The first-order valence-corrected chi connectivity index (χ1v) is 7.40. The highest BCUT2D eigenvalue weighted by Crippen LogP contribution is 2.19. The van der Waals surface area contributed by atoms with Gasteiger partial charge in [-0.25, -0.2) is 4.39 Å². The highest BCUT2D eigenvalue weighted by molar-refractivity contribution is 5.20. The van der Waals surface area contributed by atoms with Crippen molar-refractivity contribution in [3.63, 3.8) is 0 Å². The Labute approximate surface area is 126 Å². The minimum absolute atomic E-state index is 0.0662. The van der Waals surface area contributed by atoms with Crippen molar-refractivity contribution >= 4 is 0 Å². The Morgan fingerprint density at radius 2 is 1.86 bits per heavy atom. The molecule has 0 saturated heterocycles. The second kappa shape index (κ2) is 7.91. The normalized spacial score (nSPS) is 12.6. The van der Waals surface area contributed by atoms with Gasteiger partial charge in [0, 0.05) is 12.6 Å². The summed E-state index contributed by atoms with van der Waals surface area (Å²) >= 11 is 0. The van der Waals surface area contributed by atoms with Crippen LogP contribution in [0, 0.1) is 5.82 Å². The van der Waals surface area contributed by atoms with E-state index in [1.807, 2.05) is 19.2 Å². The van der Waals surface area contributed by atoms with Gasteiger partial charge in [-0.2, -0.15) is 0 Å². The molecule has 1 unspecified atom stereocenters. The first kappa shape index (κ1) is 15.7. The van der Waals surface area contributed by atoms with Gasteiger partial charge in [-0.3, -0.25) is 4.90 Å². The fourth-order valence-corrected chi connectivity index (χ4v) is 2.62. The quantitative estimate of drug-likeness (QED) is 0.845. The highest BCUT2D eigenvalue weighted by Gasteiger charge is 2.15. The monoisotopic (exact) mass is 286 g/mol. The molecule has 0 saturated carbocycles. The molecule has 0 bridgehead atoms. The van der Waals surface area contributed by atoms with Gasteiger partial charge in [0.25, 0.3) is 0 Å². The van der Waals surface area contributed by atoms with Gasteiger partial charge >= 0.3 is 0 Å². The first-order valence-electron chi connectivity index (χ1n) is 7.40. The van der Waals surface area contributed by atoms with E-state index in [0.717, 1.165) is 24.9 Å². The maximum atomic E-state index is 13.3. The lowest BCUT2D eigenvalue weighted by atomic mass is 10.0. The second-order valence-corrected chi connectivity index (χ2v) is 5.38. The maximum absolute atomic E-state index is 13.3. The van der Waals surface area contributed by atoms with Crippen LogP contribution >= 0.6 is 0 Å². The molecule has 2 N–H and O–H groups in total. The van der Waals surface area contributed by atoms with Crippen LogP contribution in [0.5, 0.6) is 0 Å². The summed E-state index contributed by atoms with van der Waals surface area (Å²) in [5, 5.41) is 0. The van der Waals surface area contributed by atoms with Gasteiger partial charge < -0.3 is 5.73 Å². The van der Waals surface area contributed by atoms with Gasteiger partial charge in [-0.15, -0.1) is 0 Å². The van der Waals surface area contributed by atoms with Crippen molar-refractivity contribution in [2.75, 3.05) is 20.1 Å². The Morgan fingerprint density at radius 1 is 1.10 bits per heavy atom. The van der Waals surface area contributed by atoms with Crippen molar-refractivity contribution in [2.24, 2.45) is 5.73 Å². The number of nitrogens with zero attached hydrogens (tertiary/aromatic N) is 1. The number of nitrogens with two attached hydrogens (primary N) is 1. The van der Waals surface area contributed by atoms with Crippen LogP contribution in [0.4, 0.5) is 4.39 Å². The zero-order valence-electron chi connectivity index (χ0n) is 12.5. The Bertz CT molecular complexity index is 542. The summed E-state index contributed by atoms with van der Waals surface area (Å²) in [5.41, 5.74) is 8.17. The van der Waals surface area contributed by atoms with Gasteiger partial charge in [0.2, 0.25) is 0 Å². The molecule has 0 aliphatic rings. The van der Waals surface area contributed by atoms with Crippen molar-refractivity contribution in [1.82, 2.24) is 4.90 Å². The van der Waals surface area contributed by atoms with E-state index < -0.39 is 0 Å². The fraction of sp³-hybridized carbons (Fsp3) is 0.333. The summed E-state index contributed by atoms with van der Waals surface area (Å²) in [5.74, 6) is -0.205. The maximum Gasteiger partial charge on any atom is 0.123 e. The summed E-state index contributed by atoms with van der Waals surface area (Å²) in [6.07, 6.45) is 2.11. The second-order valence-electron chi connectivity index (χ2n) is 5.38. The van der Waals surface area contributed by atoms with Crippen LogP contribution in [0.1, 0.15) is 23.6 Å². The number of likely N-dealkylation sites (N-methyl/N-ethyl adjacent to an activating group) is 1. The fourth-order valence-electron chi connectivity index (χ4n) is 2.62. The molecule has 3 heteroatoms. The van der Waals surface area contributed by atoms with E-state index in [2.05, 4.69) is 29.2 Å². The summed E-state index contributed by atoms with van der Waals surface area (Å²) < 4.78 is 13.3. The number of hydrogen-bond donors (Lipinski definition) is 1. The molecule has 0 aliphatic carbocycles. The lowest BCUT2D eigenvalue weighted by Gasteiger charge is -2.27. The number of aryl methyl sites for hydroxylation is 1. The molecule has 2 aromatic rings. The number of halogens is 1. The third-order valence-electron chi connectivity index (χ3n) is 3.81. The van der Waals surface area contributed by atoms with Gasteiger partial charge in [0.15, 0.2) is 0 Å². The van der Waals surface area contributed by atoms with Gasteiger partial charge in [-0.1, -0.05) is 42.5 Å². The third kappa shape index (κ3) is 4.66. The van der Waals surface area contributed by atoms with Gasteiger partial charge in [-0.05, 0) is 49.7 Å². The summed E-state index contributed by atoms with van der Waals surface area (Å²) in [4.78, 5) is 2.21. The molecule has 0 amide bonds. The van der Waals surface area contributed by atoms with Crippen molar-refractivity contribution in [2.45, 2.75) is 18.9 Å². The van der Waals surface area contributed by atoms with E-state index in [-0.39, 0.29) is 11.9 Å². The molecular formula is C18H23FN2. The molecule has 0 fully saturated rings. The van der Waals surface area contributed by atoms with Crippen molar-refractivity contribution in [3.05, 3.63) is 71.5 Å². The Balaban J connectivity index is 1.90. The van der Waals surface area contributed by atoms with Crippen LogP contribution in [0.3, 0.4) is 0 Å². The molecule has 1 atom stereocenters. The van der Waals surface area contributed by atoms with Crippen molar-refractivity contribution < 1.29 is 4.39 Å². The largest absolute Gasteiger partial charge is 0.329 e. The lowest BCUT2D eigenvalue weighted by molar-refractivity contribution is 0.247. The zero-order valence-corrected chi connectivity index (χ0v) is 12.5. The van der Waals surface area contributed by atoms with Crippen molar-refractivity contribution in [3.8, 4) is 0 Å². The smallest absolute Gasteiger partial charge is 0.123 e. The molecule has 21 heavy (non-hydrogen) atoms. The molecule has 0 aromatic heterocycles. The highest BCUT2D eigenvalue weighted by atomic mass is 19.1. The Hall–Kier alpha value is -1.71. The molecule has 2 rings (SSSR count). The minimum atomic E-state index is -0.205. The van der Waals surface area contributed by atoms with Gasteiger partial charge in [0.1, 0.15) is 5.82 Å². The van der Waals surface area contributed by atoms with Crippen LogP contribution in [-0.2, 0) is 6.42 Å². The van der Waals surface area contributed by atoms with Gasteiger partial charge in [0.05, 0.1) is 0 Å². The van der Waals surface area contributed by atoms with Crippen molar-refractivity contribution in [1.29, 1.82) is 0 Å². The van der Waals surface area contributed by atoms with Crippen LogP contribution in [-0.4, -0.2) is 25.0 Å². The van der Waals surface area contributed by atoms with Crippen LogP contribution in [0.25, 0.3) is 0 Å². The lowest BCUT2D eigenvalue weighted by Crippen LogP contribution is -2.31. The average Bonchev–Trinajstić information content (AvgIpc) is 2.49. The molecule has 2 nitrogen and oxygen atoms in total. The molecule has 0 spiro atoms. The van der Waals surface area contributed by atoms with E-state index >= 15 is 0 Å². The first-order chi connectivity index (χ1) is 10.2.